The van der Waals surface area contributed by atoms with Gasteiger partial charge in [-0.05, 0) is 18.2 Å². The van der Waals surface area contributed by atoms with Crippen molar-refractivity contribution in [1.82, 2.24) is 9.97 Å². The van der Waals surface area contributed by atoms with E-state index < -0.39 is 0 Å². The molecule has 0 aromatic carbocycles. The summed E-state index contributed by atoms with van der Waals surface area (Å²) in [6.07, 6.45) is 5.54. The fourth-order valence-electron chi connectivity index (χ4n) is 1.79. The number of hydrogen-bond acceptors (Lipinski definition) is 4. The Bertz CT molecular complexity index is 578. The maximum atomic E-state index is 5.72. The highest BCUT2D eigenvalue weighted by Gasteiger charge is 2.15. The average Bonchev–Trinajstić information content (AvgIpc) is 2.49. The van der Waals surface area contributed by atoms with Gasteiger partial charge in [0.25, 0.3) is 0 Å². The first-order valence-corrected chi connectivity index (χ1v) is 8.73. The molecule has 2 aromatic heterocycles. The molecule has 3 heterocycles. The van der Waals surface area contributed by atoms with E-state index in [-0.39, 0.29) is 6.10 Å². The van der Waals surface area contributed by atoms with Crippen molar-refractivity contribution in [2.75, 3.05) is 13.2 Å². The first-order valence-electron chi connectivity index (χ1n) is 6.76. The molecule has 4 nitrogen and oxygen atoms in total. The summed E-state index contributed by atoms with van der Waals surface area (Å²) < 4.78 is 12.9. The lowest BCUT2D eigenvalue weighted by atomic mass is 10.2. The van der Waals surface area contributed by atoms with E-state index in [1.165, 1.54) is 0 Å². The Labute approximate surface area is 151 Å². The van der Waals surface area contributed by atoms with Gasteiger partial charge in [0.15, 0.2) is 0 Å². The van der Waals surface area contributed by atoms with Gasteiger partial charge in [-0.1, -0.05) is 43.5 Å². The molecule has 1 fully saturated rings. The van der Waals surface area contributed by atoms with Crippen molar-refractivity contribution in [3.63, 3.8) is 0 Å². The summed E-state index contributed by atoms with van der Waals surface area (Å²) in [4.78, 5) is 7.92. The molecule has 0 bridgehead atoms. The van der Waals surface area contributed by atoms with Crippen LogP contribution in [0.2, 0.25) is 5.15 Å². The maximum Gasteiger partial charge on any atom is 0.214 e. The molecule has 0 aliphatic carbocycles. The van der Waals surface area contributed by atoms with E-state index in [1.54, 1.807) is 18.5 Å². The lowest BCUT2D eigenvalue weighted by molar-refractivity contribution is 0.0237. The summed E-state index contributed by atoms with van der Waals surface area (Å²) in [6, 6.07) is 7.33. The van der Waals surface area contributed by atoms with Crippen LogP contribution in [0.4, 0.5) is 0 Å². The standard InChI is InChI=1S/C10H12BrNO2.C5H3BrClN/c11-8-1-4-12-10(7-8)14-9-2-5-13-6-3-9;6-4-1-2-8-5(7)3-4/h1,4,7,9H,2-3,5-6H2;1-3H. The van der Waals surface area contributed by atoms with Gasteiger partial charge in [-0.25, -0.2) is 9.97 Å². The van der Waals surface area contributed by atoms with Crippen LogP contribution in [-0.2, 0) is 4.74 Å². The van der Waals surface area contributed by atoms with E-state index in [1.807, 2.05) is 18.2 Å². The molecule has 0 unspecified atom stereocenters. The van der Waals surface area contributed by atoms with E-state index in [9.17, 15) is 0 Å². The van der Waals surface area contributed by atoms with Gasteiger partial charge in [0.2, 0.25) is 5.88 Å². The number of hydrogen-bond donors (Lipinski definition) is 0. The van der Waals surface area contributed by atoms with E-state index in [2.05, 4.69) is 41.8 Å². The van der Waals surface area contributed by atoms with Crippen molar-refractivity contribution in [2.45, 2.75) is 18.9 Å². The second-order valence-corrected chi connectivity index (χ2v) is 6.76. The van der Waals surface area contributed by atoms with Crippen LogP contribution in [0.5, 0.6) is 5.88 Å². The van der Waals surface area contributed by atoms with Gasteiger partial charge in [0, 0.05) is 40.2 Å². The zero-order chi connectivity index (χ0) is 15.8. The number of pyridine rings is 2. The third-order valence-electron chi connectivity index (χ3n) is 2.84. The molecule has 118 valence electrons. The Morgan fingerprint density at radius 3 is 2.23 bits per heavy atom. The molecule has 2 aromatic rings. The zero-order valence-corrected chi connectivity index (χ0v) is 15.6. The summed E-state index contributed by atoms with van der Waals surface area (Å²) in [5, 5.41) is 0.513. The lowest BCUT2D eigenvalue weighted by Crippen LogP contribution is -2.26. The molecular formula is C15H15Br2ClN2O2. The lowest BCUT2D eigenvalue weighted by Gasteiger charge is -2.22. The first-order chi connectivity index (χ1) is 10.6. The third-order valence-corrected chi connectivity index (χ3v) is 4.03. The largest absolute Gasteiger partial charge is 0.474 e. The van der Waals surface area contributed by atoms with Crippen LogP contribution in [0.3, 0.4) is 0 Å². The highest BCUT2D eigenvalue weighted by Crippen LogP contribution is 2.19. The monoisotopic (exact) mass is 448 g/mol. The van der Waals surface area contributed by atoms with E-state index in [4.69, 9.17) is 21.1 Å². The van der Waals surface area contributed by atoms with Crippen molar-refractivity contribution in [3.8, 4) is 5.88 Å². The molecule has 22 heavy (non-hydrogen) atoms. The van der Waals surface area contributed by atoms with Crippen molar-refractivity contribution < 1.29 is 9.47 Å². The van der Waals surface area contributed by atoms with Crippen molar-refractivity contribution in [1.29, 1.82) is 0 Å². The molecule has 0 N–H and O–H groups in total. The minimum absolute atomic E-state index is 0.255. The summed E-state index contributed by atoms with van der Waals surface area (Å²) >= 11 is 12.1. The normalized spacial score (nSPS) is 14.9. The smallest absolute Gasteiger partial charge is 0.214 e. The second-order valence-electron chi connectivity index (χ2n) is 4.54. The topological polar surface area (TPSA) is 44.2 Å². The number of aromatic nitrogens is 2. The van der Waals surface area contributed by atoms with E-state index in [0.717, 1.165) is 35.0 Å². The molecule has 0 radical (unpaired) electrons. The van der Waals surface area contributed by atoms with Gasteiger partial charge in [0.05, 0.1) is 13.2 Å². The molecule has 1 saturated heterocycles. The minimum Gasteiger partial charge on any atom is -0.474 e. The molecule has 1 aliphatic rings. The number of rotatable bonds is 2. The molecule has 0 amide bonds. The number of halogens is 3. The van der Waals surface area contributed by atoms with Gasteiger partial charge in [-0.15, -0.1) is 0 Å². The van der Waals surface area contributed by atoms with Crippen LogP contribution in [0.25, 0.3) is 0 Å². The Hall–Kier alpha value is -0.690. The van der Waals surface area contributed by atoms with Crippen LogP contribution in [0.1, 0.15) is 12.8 Å². The summed E-state index contributed by atoms with van der Waals surface area (Å²) in [7, 11) is 0. The molecule has 0 saturated carbocycles. The highest BCUT2D eigenvalue weighted by atomic mass is 79.9. The molecule has 0 spiro atoms. The fraction of sp³-hybridized carbons (Fsp3) is 0.333. The van der Waals surface area contributed by atoms with Crippen molar-refractivity contribution >= 4 is 43.5 Å². The third kappa shape index (κ3) is 6.60. The van der Waals surface area contributed by atoms with Gasteiger partial charge in [0.1, 0.15) is 11.3 Å². The second kappa shape index (κ2) is 9.45. The molecule has 1 aliphatic heterocycles. The minimum atomic E-state index is 0.255. The van der Waals surface area contributed by atoms with Gasteiger partial charge >= 0.3 is 0 Å². The number of ether oxygens (including phenoxy) is 2. The molecule has 3 rings (SSSR count). The van der Waals surface area contributed by atoms with Crippen LogP contribution < -0.4 is 4.74 Å². The number of nitrogens with zero attached hydrogens (tertiary/aromatic N) is 2. The molecular weight excluding hydrogens is 435 g/mol. The van der Waals surface area contributed by atoms with Crippen molar-refractivity contribution in [3.05, 3.63) is 50.8 Å². The quantitative estimate of drug-likeness (QED) is 0.611. The summed E-state index contributed by atoms with van der Waals surface area (Å²) in [5.74, 6) is 0.686. The van der Waals surface area contributed by atoms with Crippen LogP contribution >= 0.6 is 43.5 Å². The van der Waals surface area contributed by atoms with E-state index >= 15 is 0 Å². The van der Waals surface area contributed by atoms with Crippen LogP contribution in [0, 0.1) is 0 Å². The van der Waals surface area contributed by atoms with Crippen LogP contribution in [0.15, 0.2) is 45.6 Å². The Kier molecular flexibility index (Phi) is 7.59. The fourth-order valence-corrected chi connectivity index (χ4v) is 2.75. The Morgan fingerprint density at radius 2 is 1.68 bits per heavy atom. The predicted octanol–water partition coefficient (Wildman–Crippen LogP) is 4.90. The maximum absolute atomic E-state index is 5.72. The molecule has 0 atom stereocenters. The predicted molar refractivity (Wildman–Crippen MR) is 93.4 cm³/mol. The SMILES string of the molecule is Brc1ccnc(OC2CCOCC2)c1.Clc1cc(Br)ccn1. The Balaban J connectivity index is 0.000000188. The first kappa shape index (κ1) is 17.7. The van der Waals surface area contributed by atoms with Crippen LogP contribution in [-0.4, -0.2) is 29.3 Å². The summed E-state index contributed by atoms with van der Waals surface area (Å²) in [5.41, 5.74) is 0. The van der Waals surface area contributed by atoms with Crippen molar-refractivity contribution in [2.24, 2.45) is 0 Å². The van der Waals surface area contributed by atoms with Gasteiger partial charge in [-0.2, -0.15) is 0 Å². The molecule has 7 heteroatoms. The van der Waals surface area contributed by atoms with Gasteiger partial charge < -0.3 is 9.47 Å². The highest BCUT2D eigenvalue weighted by molar-refractivity contribution is 9.10. The average molecular weight is 451 g/mol. The zero-order valence-electron chi connectivity index (χ0n) is 11.7. The van der Waals surface area contributed by atoms with E-state index in [0.29, 0.717) is 11.0 Å². The Morgan fingerprint density at radius 1 is 1.05 bits per heavy atom. The summed E-state index contributed by atoms with van der Waals surface area (Å²) in [6.45, 7) is 1.58. The van der Waals surface area contributed by atoms with Gasteiger partial charge in [-0.3, -0.25) is 0 Å².